The monoisotopic (exact) mass is 742 g/mol. The van der Waals surface area contributed by atoms with Crippen molar-refractivity contribution in [3.63, 3.8) is 0 Å². The molecule has 0 spiro atoms. The van der Waals surface area contributed by atoms with Crippen molar-refractivity contribution >= 4 is 55.7 Å². The number of nitrogens with one attached hydrogen (secondary N) is 2. The molecule has 5 aromatic heterocycles. The van der Waals surface area contributed by atoms with Gasteiger partial charge in [0.05, 0.1) is 38.1 Å². The van der Waals surface area contributed by atoms with Crippen LogP contribution in [0.2, 0.25) is 0 Å². The maximum atomic E-state index is 13.2. The van der Waals surface area contributed by atoms with Gasteiger partial charge in [-0.1, -0.05) is 0 Å². The first-order valence-corrected chi connectivity index (χ1v) is 17.7. The van der Waals surface area contributed by atoms with E-state index >= 15 is 0 Å². The summed E-state index contributed by atoms with van der Waals surface area (Å²) in [5.41, 5.74) is 16.2. The van der Waals surface area contributed by atoms with E-state index in [1.54, 1.807) is 0 Å². The zero-order valence-electron chi connectivity index (χ0n) is 25.4. The number of fused-ring (bicyclic) bond motifs is 2. The molecule has 50 heavy (non-hydrogen) atoms. The van der Waals surface area contributed by atoms with Gasteiger partial charge in [-0.15, -0.1) is 8.68 Å². The Balaban J connectivity index is 0.987. The van der Waals surface area contributed by atoms with Crippen LogP contribution in [0.1, 0.15) is 25.3 Å². The Kier molecular flexibility index (Phi) is 8.38. The minimum absolute atomic E-state index is 0.0138. The van der Waals surface area contributed by atoms with Crippen LogP contribution in [-0.4, -0.2) is 101 Å². The van der Waals surface area contributed by atoms with E-state index in [-0.39, 0.29) is 47.1 Å². The average molecular weight is 743 g/mol. The van der Waals surface area contributed by atoms with Crippen LogP contribution >= 0.6 is 15.5 Å². The van der Waals surface area contributed by atoms with Crippen LogP contribution in [-0.2, 0) is 27.7 Å². The average Bonchev–Trinajstić information content (AvgIpc) is 3.86. The Morgan fingerprint density at radius 2 is 1.34 bits per heavy atom. The summed E-state index contributed by atoms with van der Waals surface area (Å²) < 4.78 is 52.1. The summed E-state index contributed by atoms with van der Waals surface area (Å²) in [4.78, 5) is 66.3. The molecular formula is C23H30N13O12P2+. The highest BCUT2D eigenvalue weighted by atomic mass is 31.2. The van der Waals surface area contributed by atoms with Crippen molar-refractivity contribution < 1.29 is 52.0 Å². The number of ether oxygens (including phenoxy) is 2. The molecule has 12 N–H and O–H groups in total. The molecule has 2 unspecified atom stereocenters. The molecule has 0 amide bonds. The summed E-state index contributed by atoms with van der Waals surface area (Å²) in [6.45, 7) is -1.25. The summed E-state index contributed by atoms with van der Waals surface area (Å²) in [5.74, 6) is -1.04. The van der Waals surface area contributed by atoms with Gasteiger partial charge in [-0.2, -0.15) is 9.97 Å². The van der Waals surface area contributed by atoms with E-state index in [9.17, 15) is 38.7 Å². The van der Waals surface area contributed by atoms with Crippen molar-refractivity contribution in [2.45, 2.75) is 49.7 Å². The second kappa shape index (κ2) is 12.3. The number of aromatic nitrogens is 10. The second-order valence-electron chi connectivity index (χ2n) is 11.3. The molecule has 2 fully saturated rings. The van der Waals surface area contributed by atoms with Gasteiger partial charge in [0.1, 0.15) is 37.1 Å². The number of rotatable bonds is 10. The third-order valence-electron chi connectivity index (χ3n) is 8.11. The SMILES string of the molecule is Nc1nc2c(ncn2[C@H]2C[C@H](O)[C@@H](COP(=O)(O)n3cc[n+](P(=O)(O)OC[C@H]4O[C@@H](n5cnc6c(=O)[nH]c(N)nc65)C[C@@H]4O)c3N)O2)c(=O)[nH]1. The Hall–Kier alpha value is -4.55. The molecule has 25 nitrogen and oxygen atoms in total. The molecule has 0 aromatic carbocycles. The number of nitrogen functional groups attached to an aromatic ring is 3. The molecule has 2 saturated heterocycles. The van der Waals surface area contributed by atoms with Gasteiger partial charge in [0.2, 0.25) is 11.9 Å². The van der Waals surface area contributed by atoms with E-state index in [1.807, 2.05) is 0 Å². The fraction of sp³-hybridized carbons (Fsp3) is 0.435. The van der Waals surface area contributed by atoms with Crippen LogP contribution in [0.3, 0.4) is 0 Å². The Morgan fingerprint density at radius 1 is 0.860 bits per heavy atom. The summed E-state index contributed by atoms with van der Waals surface area (Å²) in [5, 5.41) is 21.2. The molecule has 0 saturated carbocycles. The number of aliphatic hydroxyl groups is 2. The van der Waals surface area contributed by atoms with E-state index in [0.29, 0.717) is 8.68 Å². The van der Waals surface area contributed by atoms with Crippen molar-refractivity contribution in [2.75, 3.05) is 30.4 Å². The molecule has 7 heterocycles. The quantitative estimate of drug-likeness (QED) is 0.0644. The Labute approximate surface area is 277 Å². The van der Waals surface area contributed by atoms with Crippen LogP contribution in [0, 0.1) is 0 Å². The standard InChI is InChI=1S/C23H29N13O12P2/c24-21-29-17-15(19(39)31-21)27-7-33(17)13-3-9(37)11(47-13)5-45-49(41,42)35-1-2-36(23(35)26)50(43,44)46-6-12-10(38)4-14(48-12)34-8-28-16-18(34)30-22(25)32-20(16)40/h1-2,7-14,26,37-38H,3-6H2,(H8,24,25,29,30,31,32,39,40,41,42,43,44)/p+1/t9-,10-,11+,12+,13+,14+/m0/s1. The van der Waals surface area contributed by atoms with Crippen LogP contribution < -0.4 is 32.7 Å². The van der Waals surface area contributed by atoms with E-state index in [2.05, 4.69) is 29.9 Å². The van der Waals surface area contributed by atoms with Crippen LogP contribution in [0.5, 0.6) is 0 Å². The number of aromatic amines is 2. The molecule has 268 valence electrons. The number of nitrogens with zero attached hydrogens (tertiary/aromatic N) is 8. The predicted octanol–water partition coefficient (Wildman–Crippen LogP) is -2.98. The van der Waals surface area contributed by atoms with Gasteiger partial charge < -0.3 is 31.2 Å². The Bertz CT molecular complexity index is 2160. The normalized spacial score (nSPS) is 26.5. The van der Waals surface area contributed by atoms with Crippen molar-refractivity contribution in [2.24, 2.45) is 0 Å². The van der Waals surface area contributed by atoms with Gasteiger partial charge in [-0.3, -0.25) is 53.3 Å². The van der Waals surface area contributed by atoms with Gasteiger partial charge >= 0.3 is 21.4 Å². The molecule has 7 rings (SSSR count). The fourth-order valence-corrected chi connectivity index (χ4v) is 7.82. The zero-order chi connectivity index (χ0) is 35.7. The van der Waals surface area contributed by atoms with Crippen molar-refractivity contribution in [1.82, 2.24) is 43.4 Å². The third-order valence-corrected chi connectivity index (χ3v) is 10.8. The highest BCUT2D eigenvalue weighted by Gasteiger charge is 2.43. The number of hydrogen-bond donors (Lipinski definition) is 9. The predicted molar refractivity (Wildman–Crippen MR) is 166 cm³/mol. The van der Waals surface area contributed by atoms with Gasteiger partial charge in [-0.05, 0) is 0 Å². The number of H-pyrrole nitrogens is 2. The lowest BCUT2D eigenvalue weighted by molar-refractivity contribution is -0.523. The number of nitrogens with two attached hydrogens (primary N) is 3. The van der Waals surface area contributed by atoms with Gasteiger partial charge in [-0.25, -0.2) is 19.1 Å². The van der Waals surface area contributed by atoms with Gasteiger partial charge in [0.15, 0.2) is 22.3 Å². The molecule has 0 radical (unpaired) electrons. The number of imidazole rings is 3. The largest absolute Gasteiger partial charge is 0.498 e. The number of aliphatic hydroxyl groups excluding tert-OH is 2. The molecular weight excluding hydrogens is 712 g/mol. The van der Waals surface area contributed by atoms with Crippen molar-refractivity contribution in [3.05, 3.63) is 45.8 Å². The maximum Gasteiger partial charge on any atom is 0.498 e. The van der Waals surface area contributed by atoms with E-state index in [1.165, 1.54) is 21.8 Å². The first-order chi connectivity index (χ1) is 23.6. The summed E-state index contributed by atoms with van der Waals surface area (Å²) >= 11 is 0. The Morgan fingerprint density at radius 3 is 1.84 bits per heavy atom. The first kappa shape index (κ1) is 33.9. The minimum atomic E-state index is -4.87. The molecule has 2 aliphatic rings. The molecule has 2 aliphatic heterocycles. The first-order valence-electron chi connectivity index (χ1n) is 14.6. The second-order valence-corrected chi connectivity index (χ2v) is 14.7. The number of hydrogen-bond acceptors (Lipinski definition) is 17. The van der Waals surface area contributed by atoms with Crippen LogP contribution in [0.4, 0.5) is 17.8 Å². The van der Waals surface area contributed by atoms with Crippen molar-refractivity contribution in [1.29, 1.82) is 0 Å². The smallest absolute Gasteiger partial charge is 0.390 e. The molecule has 0 bridgehead atoms. The topological polar surface area (TPSA) is 366 Å². The lowest BCUT2D eigenvalue weighted by Crippen LogP contribution is -2.36. The van der Waals surface area contributed by atoms with Gasteiger partial charge in [0.25, 0.3) is 11.1 Å². The summed E-state index contributed by atoms with van der Waals surface area (Å²) in [7, 11) is -9.74. The third kappa shape index (κ3) is 5.98. The number of anilines is 3. The highest BCUT2D eigenvalue weighted by molar-refractivity contribution is 7.51. The van der Waals surface area contributed by atoms with E-state index in [4.69, 9.17) is 35.7 Å². The molecule has 5 aromatic rings. The minimum Gasteiger partial charge on any atom is -0.390 e. The van der Waals surface area contributed by atoms with E-state index < -0.39 is 82.6 Å². The summed E-state index contributed by atoms with van der Waals surface area (Å²) in [6.07, 6.45) is -2.10. The van der Waals surface area contributed by atoms with Gasteiger partial charge in [0, 0.05) is 12.8 Å². The zero-order valence-corrected chi connectivity index (χ0v) is 27.1. The summed E-state index contributed by atoms with van der Waals surface area (Å²) in [6, 6.07) is 0. The van der Waals surface area contributed by atoms with E-state index in [0.717, 1.165) is 12.4 Å². The van der Waals surface area contributed by atoms with Crippen molar-refractivity contribution in [3.8, 4) is 0 Å². The van der Waals surface area contributed by atoms with Crippen LogP contribution in [0.15, 0.2) is 34.6 Å². The lowest BCUT2D eigenvalue weighted by Gasteiger charge is -2.18. The molecule has 27 heteroatoms. The molecule has 0 aliphatic carbocycles. The van der Waals surface area contributed by atoms with Crippen LogP contribution in [0.25, 0.3) is 22.3 Å². The highest BCUT2D eigenvalue weighted by Crippen LogP contribution is 2.48. The lowest BCUT2D eigenvalue weighted by atomic mass is 10.2. The maximum absolute atomic E-state index is 13.2. The fourth-order valence-electron chi connectivity index (χ4n) is 5.66. The molecule has 8 atom stereocenters.